The van der Waals surface area contributed by atoms with Crippen LogP contribution in [0.5, 0.6) is 5.75 Å². The molecule has 0 aliphatic heterocycles. The maximum Gasteiger partial charge on any atom is 0.137 e. The normalized spacial score (nSPS) is 13.4. The Labute approximate surface area is 123 Å². The van der Waals surface area contributed by atoms with Crippen molar-refractivity contribution < 1.29 is 14.3 Å². The molecule has 21 heavy (non-hydrogen) atoms. The first kappa shape index (κ1) is 15.1. The lowest BCUT2D eigenvalue weighted by molar-refractivity contribution is 0.103. The summed E-state index contributed by atoms with van der Waals surface area (Å²) < 4.78 is 10.8. The third kappa shape index (κ3) is 4.35. The smallest absolute Gasteiger partial charge is 0.137 e. The molecule has 0 fully saturated rings. The largest absolute Gasteiger partial charge is 0.489 e. The Balaban J connectivity index is 1.77. The fraction of sp³-hybridized carbons (Fsp3) is 0.312. The van der Waals surface area contributed by atoms with Crippen LogP contribution in [0.1, 0.15) is 24.3 Å². The van der Waals surface area contributed by atoms with Crippen LogP contribution in [0.15, 0.2) is 47.1 Å². The van der Waals surface area contributed by atoms with Crippen LogP contribution in [0.25, 0.3) is 0 Å². The molecule has 1 heterocycles. The Bertz CT molecular complexity index is 590. The molecule has 1 unspecified atom stereocenters. The molecule has 0 spiro atoms. The van der Waals surface area contributed by atoms with Gasteiger partial charge in [-0.1, -0.05) is 12.1 Å². The highest BCUT2D eigenvalue weighted by molar-refractivity contribution is 5.42. The van der Waals surface area contributed by atoms with Gasteiger partial charge in [0.1, 0.15) is 30.3 Å². The lowest BCUT2D eigenvalue weighted by Crippen LogP contribution is -2.33. The van der Waals surface area contributed by atoms with E-state index in [0.29, 0.717) is 17.9 Å². The van der Waals surface area contributed by atoms with Gasteiger partial charge in [0.25, 0.3) is 0 Å². The molecule has 5 nitrogen and oxygen atoms in total. The topological polar surface area (TPSA) is 78.4 Å². The van der Waals surface area contributed by atoms with Crippen LogP contribution < -0.4 is 10.1 Å². The molecule has 0 aliphatic carbocycles. The van der Waals surface area contributed by atoms with Gasteiger partial charge in [-0.2, -0.15) is 5.26 Å². The molecule has 0 saturated carbocycles. The molecule has 0 saturated heterocycles. The number of hydrogen-bond donors (Lipinski definition) is 2. The Hall–Kier alpha value is -2.29. The lowest BCUT2D eigenvalue weighted by Gasteiger charge is -2.16. The molecule has 2 aromatic rings. The number of ether oxygens (including phenoxy) is 1. The Morgan fingerprint density at radius 2 is 2.14 bits per heavy atom. The molecule has 0 amide bonds. The third-order valence-corrected chi connectivity index (χ3v) is 3.07. The first-order valence-electron chi connectivity index (χ1n) is 6.77. The van der Waals surface area contributed by atoms with Gasteiger partial charge in [-0.3, -0.25) is 0 Å². The van der Waals surface area contributed by atoms with Crippen LogP contribution in [0, 0.1) is 11.3 Å². The Kier molecular flexibility index (Phi) is 5.38. The molecule has 1 aromatic heterocycles. The molecular formula is C16H18N2O3. The fourth-order valence-corrected chi connectivity index (χ4v) is 1.88. The van der Waals surface area contributed by atoms with E-state index in [0.717, 1.165) is 5.76 Å². The van der Waals surface area contributed by atoms with Gasteiger partial charge in [0.2, 0.25) is 0 Å². The van der Waals surface area contributed by atoms with Crippen molar-refractivity contribution in [2.75, 3.05) is 13.2 Å². The number of furan rings is 1. The van der Waals surface area contributed by atoms with Crippen molar-refractivity contribution in [3.05, 3.63) is 54.0 Å². The number of para-hydroxylation sites is 1. The van der Waals surface area contributed by atoms with Gasteiger partial charge in [-0.15, -0.1) is 0 Å². The summed E-state index contributed by atoms with van der Waals surface area (Å²) in [6, 6.07) is 12.7. The van der Waals surface area contributed by atoms with E-state index in [9.17, 15) is 5.11 Å². The molecular weight excluding hydrogens is 268 g/mol. The second kappa shape index (κ2) is 7.48. The van der Waals surface area contributed by atoms with Crippen molar-refractivity contribution in [2.24, 2.45) is 0 Å². The fourth-order valence-electron chi connectivity index (χ4n) is 1.88. The monoisotopic (exact) mass is 286 g/mol. The summed E-state index contributed by atoms with van der Waals surface area (Å²) in [7, 11) is 0. The summed E-state index contributed by atoms with van der Waals surface area (Å²) in [5.74, 6) is 1.30. The number of benzene rings is 1. The van der Waals surface area contributed by atoms with Crippen LogP contribution in [0.2, 0.25) is 0 Å². The van der Waals surface area contributed by atoms with Crippen molar-refractivity contribution in [2.45, 2.75) is 19.1 Å². The van der Waals surface area contributed by atoms with Crippen LogP contribution in [-0.4, -0.2) is 24.4 Å². The van der Waals surface area contributed by atoms with Gasteiger partial charge < -0.3 is 19.6 Å². The molecule has 2 atom stereocenters. The van der Waals surface area contributed by atoms with Crippen LogP contribution in [0.3, 0.4) is 0 Å². The SMILES string of the molecule is C[C@@H](NCC(O)COc1ccccc1C#N)c1ccco1. The molecule has 0 radical (unpaired) electrons. The van der Waals surface area contributed by atoms with E-state index < -0.39 is 6.10 Å². The first-order valence-corrected chi connectivity index (χ1v) is 6.77. The van der Waals surface area contributed by atoms with E-state index in [4.69, 9.17) is 14.4 Å². The van der Waals surface area contributed by atoms with Gasteiger partial charge >= 0.3 is 0 Å². The van der Waals surface area contributed by atoms with E-state index in [1.807, 2.05) is 19.1 Å². The Morgan fingerprint density at radius 3 is 2.86 bits per heavy atom. The van der Waals surface area contributed by atoms with Gasteiger partial charge in [0.15, 0.2) is 0 Å². The number of aliphatic hydroxyl groups is 1. The average Bonchev–Trinajstić information content (AvgIpc) is 3.05. The predicted molar refractivity (Wildman–Crippen MR) is 77.8 cm³/mol. The maximum absolute atomic E-state index is 9.92. The van der Waals surface area contributed by atoms with Crippen molar-refractivity contribution >= 4 is 0 Å². The second-order valence-electron chi connectivity index (χ2n) is 4.72. The highest BCUT2D eigenvalue weighted by Crippen LogP contribution is 2.17. The summed E-state index contributed by atoms with van der Waals surface area (Å²) in [5, 5.41) is 22.0. The van der Waals surface area contributed by atoms with Gasteiger partial charge in [-0.05, 0) is 31.2 Å². The molecule has 2 rings (SSSR count). The number of rotatable bonds is 7. The number of nitriles is 1. The van der Waals surface area contributed by atoms with Crippen molar-refractivity contribution in [3.63, 3.8) is 0 Å². The molecule has 2 N–H and O–H groups in total. The summed E-state index contributed by atoms with van der Waals surface area (Å²) in [4.78, 5) is 0. The minimum Gasteiger partial charge on any atom is -0.489 e. The second-order valence-corrected chi connectivity index (χ2v) is 4.72. The summed E-state index contributed by atoms with van der Waals surface area (Å²) in [5.41, 5.74) is 0.460. The van der Waals surface area contributed by atoms with Crippen molar-refractivity contribution in [3.8, 4) is 11.8 Å². The van der Waals surface area contributed by atoms with Crippen molar-refractivity contribution in [1.82, 2.24) is 5.32 Å². The van der Waals surface area contributed by atoms with E-state index in [2.05, 4.69) is 11.4 Å². The van der Waals surface area contributed by atoms with E-state index in [-0.39, 0.29) is 12.6 Å². The zero-order valence-electron chi connectivity index (χ0n) is 11.8. The van der Waals surface area contributed by atoms with Crippen molar-refractivity contribution in [1.29, 1.82) is 5.26 Å². The molecule has 1 aromatic carbocycles. The number of nitrogens with one attached hydrogen (secondary N) is 1. The summed E-state index contributed by atoms with van der Waals surface area (Å²) >= 11 is 0. The minimum atomic E-state index is -0.672. The number of hydrogen-bond acceptors (Lipinski definition) is 5. The molecule has 5 heteroatoms. The quantitative estimate of drug-likeness (QED) is 0.816. The lowest BCUT2D eigenvalue weighted by atomic mass is 10.2. The highest BCUT2D eigenvalue weighted by Gasteiger charge is 2.12. The maximum atomic E-state index is 9.92. The van der Waals surface area contributed by atoms with Crippen LogP contribution >= 0.6 is 0 Å². The third-order valence-electron chi connectivity index (χ3n) is 3.07. The average molecular weight is 286 g/mol. The van der Waals surface area contributed by atoms with E-state index >= 15 is 0 Å². The van der Waals surface area contributed by atoms with Crippen LogP contribution in [0.4, 0.5) is 0 Å². The zero-order valence-corrected chi connectivity index (χ0v) is 11.8. The molecule has 110 valence electrons. The first-order chi connectivity index (χ1) is 10.2. The minimum absolute atomic E-state index is 0.0149. The summed E-state index contributed by atoms with van der Waals surface area (Å²) in [6.07, 6.45) is 0.945. The van der Waals surface area contributed by atoms with E-state index in [1.54, 1.807) is 30.5 Å². The molecule has 0 bridgehead atoms. The Morgan fingerprint density at radius 1 is 1.33 bits per heavy atom. The van der Waals surface area contributed by atoms with Gasteiger partial charge in [0.05, 0.1) is 17.9 Å². The predicted octanol–water partition coefficient (Wildman–Crippen LogP) is 2.24. The van der Waals surface area contributed by atoms with Gasteiger partial charge in [0, 0.05) is 6.54 Å². The number of nitrogens with zero attached hydrogens (tertiary/aromatic N) is 1. The zero-order chi connectivity index (χ0) is 15.1. The summed E-state index contributed by atoms with van der Waals surface area (Å²) in [6.45, 7) is 2.45. The number of aliphatic hydroxyl groups excluding tert-OH is 1. The molecule has 0 aliphatic rings. The van der Waals surface area contributed by atoms with Crippen LogP contribution in [-0.2, 0) is 0 Å². The van der Waals surface area contributed by atoms with E-state index in [1.165, 1.54) is 0 Å². The standard InChI is InChI=1S/C16H18N2O3/c1-12(15-7-4-8-20-15)18-10-14(19)11-21-16-6-3-2-5-13(16)9-17/h2-8,12,14,18-19H,10-11H2,1H3/t12-,14?/m1/s1. The highest BCUT2D eigenvalue weighted by atomic mass is 16.5. The van der Waals surface area contributed by atoms with Gasteiger partial charge in [-0.25, -0.2) is 0 Å².